The van der Waals surface area contributed by atoms with Crippen molar-refractivity contribution in [3.63, 3.8) is 0 Å². The van der Waals surface area contributed by atoms with E-state index in [1.54, 1.807) is 6.07 Å². The van der Waals surface area contributed by atoms with Gasteiger partial charge < -0.3 is 4.74 Å². The van der Waals surface area contributed by atoms with Crippen molar-refractivity contribution in [1.82, 2.24) is 0 Å². The third-order valence-electron chi connectivity index (χ3n) is 2.95. The monoisotopic (exact) mass is 478 g/mol. The maximum Gasteiger partial charge on any atom is 0.137 e. The molecule has 0 aliphatic heterocycles. The number of ether oxygens (including phenoxy) is 1. The van der Waals surface area contributed by atoms with E-state index >= 15 is 0 Å². The first-order valence-corrected chi connectivity index (χ1v) is 9.04. The minimum atomic E-state index is -0.265. The largest absolute Gasteiger partial charge is 0.492 e. The first kappa shape index (κ1) is 17.0. The molecule has 2 rings (SSSR count). The van der Waals surface area contributed by atoms with E-state index in [0.717, 1.165) is 27.8 Å². The number of halogens is 4. The Bertz CT molecular complexity index is 631. The molecule has 0 fully saturated rings. The Kier molecular flexibility index (Phi) is 6.26. The molecule has 21 heavy (non-hydrogen) atoms. The smallest absolute Gasteiger partial charge is 0.137 e. The molecule has 0 aliphatic rings. The molecule has 0 heterocycles. The van der Waals surface area contributed by atoms with Crippen LogP contribution in [0.25, 0.3) is 0 Å². The van der Waals surface area contributed by atoms with Gasteiger partial charge in [-0.15, -0.1) is 0 Å². The lowest BCUT2D eigenvalue weighted by atomic mass is 10.0. The molecule has 112 valence electrons. The van der Waals surface area contributed by atoms with Crippen LogP contribution in [0.2, 0.25) is 0 Å². The van der Waals surface area contributed by atoms with Gasteiger partial charge in [0.15, 0.2) is 0 Å². The first-order chi connectivity index (χ1) is 10.0. The molecule has 1 unspecified atom stereocenters. The van der Waals surface area contributed by atoms with E-state index in [0.29, 0.717) is 11.1 Å². The van der Waals surface area contributed by atoms with E-state index in [9.17, 15) is 4.39 Å². The zero-order valence-electron chi connectivity index (χ0n) is 11.4. The maximum atomic E-state index is 13.6. The lowest BCUT2D eigenvalue weighted by Crippen LogP contribution is -1.98. The lowest BCUT2D eigenvalue weighted by molar-refractivity contribution is 0.315. The van der Waals surface area contributed by atoms with Gasteiger partial charge in [0.25, 0.3) is 0 Å². The van der Waals surface area contributed by atoms with Crippen LogP contribution in [-0.4, -0.2) is 6.61 Å². The fraction of sp³-hybridized carbons (Fsp3) is 0.250. The van der Waals surface area contributed by atoms with Crippen LogP contribution in [0, 0.1) is 5.82 Å². The van der Waals surface area contributed by atoms with Gasteiger partial charge in [-0.05, 0) is 73.7 Å². The molecule has 1 atom stereocenters. The van der Waals surface area contributed by atoms with Crippen LogP contribution in [0.1, 0.15) is 29.3 Å². The van der Waals surface area contributed by atoms with Crippen molar-refractivity contribution in [3.8, 4) is 5.75 Å². The fourth-order valence-electron chi connectivity index (χ4n) is 1.87. The van der Waals surface area contributed by atoms with Crippen molar-refractivity contribution in [1.29, 1.82) is 0 Å². The Labute approximate surface area is 149 Å². The predicted octanol–water partition coefficient (Wildman–Crippen LogP) is 6.62. The molecule has 0 aromatic heterocycles. The van der Waals surface area contributed by atoms with Gasteiger partial charge in [0.2, 0.25) is 0 Å². The second kappa shape index (κ2) is 7.75. The molecular weight excluding hydrogens is 467 g/mol. The summed E-state index contributed by atoms with van der Waals surface area (Å²) in [7, 11) is 0. The topological polar surface area (TPSA) is 9.23 Å². The second-order valence-corrected chi connectivity index (χ2v) is 7.20. The number of alkyl halides is 1. The summed E-state index contributed by atoms with van der Waals surface area (Å²) in [5.74, 6) is 0.557. The highest BCUT2D eigenvalue weighted by atomic mass is 79.9. The fourth-order valence-corrected chi connectivity index (χ4v) is 3.19. The van der Waals surface area contributed by atoms with Crippen LogP contribution in [0.4, 0.5) is 4.39 Å². The van der Waals surface area contributed by atoms with Gasteiger partial charge in [0.1, 0.15) is 11.6 Å². The van der Waals surface area contributed by atoms with Gasteiger partial charge >= 0.3 is 0 Å². The normalized spacial score (nSPS) is 12.2. The minimum Gasteiger partial charge on any atom is -0.492 e. The van der Waals surface area contributed by atoms with Gasteiger partial charge in [0.05, 0.1) is 20.4 Å². The van der Waals surface area contributed by atoms with Crippen molar-refractivity contribution < 1.29 is 9.13 Å². The molecule has 0 amide bonds. The molecule has 0 spiro atoms. The number of rotatable bonds is 5. The molecular formula is C16H14Br3FO. The van der Waals surface area contributed by atoms with Gasteiger partial charge in [-0.2, -0.15) is 0 Å². The predicted molar refractivity (Wildman–Crippen MR) is 94.8 cm³/mol. The molecule has 0 saturated carbocycles. The molecule has 1 nitrogen and oxygen atoms in total. The van der Waals surface area contributed by atoms with Crippen molar-refractivity contribution in [3.05, 3.63) is 62.3 Å². The Morgan fingerprint density at radius 3 is 2.33 bits per heavy atom. The van der Waals surface area contributed by atoms with Crippen molar-refractivity contribution >= 4 is 47.8 Å². The van der Waals surface area contributed by atoms with E-state index in [1.165, 1.54) is 6.07 Å². The first-order valence-electron chi connectivity index (χ1n) is 6.54. The molecule has 0 bridgehead atoms. The van der Waals surface area contributed by atoms with Crippen LogP contribution in [0.15, 0.2) is 45.3 Å². The Hall–Kier alpha value is -0.390. The van der Waals surface area contributed by atoms with Gasteiger partial charge in [-0.1, -0.05) is 35.0 Å². The number of hydrogen-bond acceptors (Lipinski definition) is 1. The highest BCUT2D eigenvalue weighted by Crippen LogP contribution is 2.36. The number of hydrogen-bond donors (Lipinski definition) is 0. The molecule has 0 radical (unpaired) electrons. The minimum absolute atomic E-state index is 0.0726. The van der Waals surface area contributed by atoms with Crippen molar-refractivity contribution in [2.24, 2.45) is 0 Å². The zero-order valence-corrected chi connectivity index (χ0v) is 16.1. The third-order valence-corrected chi connectivity index (χ3v) is 5.27. The summed E-state index contributed by atoms with van der Waals surface area (Å²) < 4.78 is 20.6. The van der Waals surface area contributed by atoms with E-state index < -0.39 is 0 Å². The quantitative estimate of drug-likeness (QED) is 0.437. The summed E-state index contributed by atoms with van der Waals surface area (Å²) in [5, 5.41) is 0. The van der Waals surface area contributed by atoms with Crippen LogP contribution in [0.5, 0.6) is 5.75 Å². The molecule has 0 N–H and O–H groups in total. The zero-order chi connectivity index (χ0) is 15.4. The van der Waals surface area contributed by atoms with Crippen molar-refractivity contribution in [2.75, 3.05) is 6.61 Å². The average molecular weight is 481 g/mol. The summed E-state index contributed by atoms with van der Waals surface area (Å²) >= 11 is 10.3. The van der Waals surface area contributed by atoms with E-state index in [2.05, 4.69) is 54.7 Å². The molecule has 0 aliphatic carbocycles. The Morgan fingerprint density at radius 2 is 1.71 bits per heavy atom. The molecule has 5 heteroatoms. The summed E-state index contributed by atoms with van der Waals surface area (Å²) in [6.07, 6.45) is 0.966. The number of benzene rings is 2. The van der Waals surface area contributed by atoms with Gasteiger partial charge in [-0.25, -0.2) is 4.39 Å². The summed E-state index contributed by atoms with van der Waals surface area (Å²) in [5.41, 5.74) is 1.90. The summed E-state index contributed by atoms with van der Waals surface area (Å²) in [4.78, 5) is -0.0726. The van der Waals surface area contributed by atoms with E-state index in [-0.39, 0.29) is 10.6 Å². The highest BCUT2D eigenvalue weighted by Gasteiger charge is 2.14. The lowest BCUT2D eigenvalue weighted by Gasteiger charge is -2.14. The second-order valence-electron chi connectivity index (χ2n) is 4.57. The maximum absolute atomic E-state index is 13.6. The van der Waals surface area contributed by atoms with Crippen LogP contribution in [-0.2, 0) is 0 Å². The average Bonchev–Trinajstić information content (AvgIpc) is 2.48. The standard InChI is InChI=1S/C16H14Br3FO/c1-2-7-21-15-6-4-10(8-13(15)18)16(19)11-3-5-12(17)14(20)9-11/h3-6,8-9,16H,2,7H2,1H3. The Balaban J connectivity index is 2.24. The summed E-state index contributed by atoms with van der Waals surface area (Å²) in [6, 6.07) is 11.0. The highest BCUT2D eigenvalue weighted by molar-refractivity contribution is 9.11. The molecule has 0 saturated heterocycles. The van der Waals surface area contributed by atoms with Crippen LogP contribution >= 0.6 is 47.8 Å². The third kappa shape index (κ3) is 4.30. The van der Waals surface area contributed by atoms with Crippen molar-refractivity contribution in [2.45, 2.75) is 18.2 Å². The summed E-state index contributed by atoms with van der Waals surface area (Å²) in [6.45, 7) is 2.76. The van der Waals surface area contributed by atoms with E-state index in [1.807, 2.05) is 24.3 Å². The van der Waals surface area contributed by atoms with Gasteiger partial charge in [-0.3, -0.25) is 0 Å². The Morgan fingerprint density at radius 1 is 1.05 bits per heavy atom. The molecule has 2 aromatic rings. The van der Waals surface area contributed by atoms with Gasteiger partial charge in [0, 0.05) is 0 Å². The van der Waals surface area contributed by atoms with Crippen LogP contribution in [0.3, 0.4) is 0 Å². The van der Waals surface area contributed by atoms with E-state index in [4.69, 9.17) is 4.74 Å². The van der Waals surface area contributed by atoms with Crippen LogP contribution < -0.4 is 4.74 Å². The SMILES string of the molecule is CCCOc1ccc(C(Br)c2ccc(Br)c(F)c2)cc1Br. The molecule has 2 aromatic carbocycles.